The Morgan fingerprint density at radius 1 is 1.12 bits per heavy atom. The van der Waals surface area contributed by atoms with Crippen molar-refractivity contribution >= 4 is 11.7 Å². The number of nitrogens with one attached hydrogen (secondary N) is 1. The SMILES string of the molecule is COc1ccc(C(=O)C(=O)NC(C)(C)C)cc1. The average molecular weight is 235 g/mol. The van der Waals surface area contributed by atoms with Crippen molar-refractivity contribution in [1.82, 2.24) is 5.32 Å². The molecule has 1 aromatic rings. The molecule has 0 aliphatic carbocycles. The second kappa shape index (κ2) is 4.99. The van der Waals surface area contributed by atoms with Gasteiger partial charge in [-0.15, -0.1) is 0 Å². The Morgan fingerprint density at radius 3 is 2.06 bits per heavy atom. The number of carbonyl (C=O) groups excluding carboxylic acids is 2. The first-order chi connectivity index (χ1) is 7.83. The average Bonchev–Trinajstić information content (AvgIpc) is 2.26. The summed E-state index contributed by atoms with van der Waals surface area (Å²) in [6.45, 7) is 5.48. The molecule has 17 heavy (non-hydrogen) atoms. The van der Waals surface area contributed by atoms with Gasteiger partial charge in [0.1, 0.15) is 5.75 Å². The lowest BCUT2D eigenvalue weighted by molar-refractivity contribution is -0.118. The topological polar surface area (TPSA) is 55.4 Å². The molecule has 1 aromatic carbocycles. The van der Waals surface area contributed by atoms with Crippen LogP contribution in [0, 0.1) is 0 Å². The number of hydrogen-bond acceptors (Lipinski definition) is 3. The second-order valence-electron chi connectivity index (χ2n) is 4.76. The predicted molar refractivity (Wildman–Crippen MR) is 65.2 cm³/mol. The van der Waals surface area contributed by atoms with E-state index >= 15 is 0 Å². The van der Waals surface area contributed by atoms with Gasteiger partial charge < -0.3 is 10.1 Å². The van der Waals surface area contributed by atoms with Crippen LogP contribution < -0.4 is 10.1 Å². The number of benzene rings is 1. The molecular weight excluding hydrogens is 218 g/mol. The first-order valence-corrected chi connectivity index (χ1v) is 5.34. The molecule has 0 saturated heterocycles. The largest absolute Gasteiger partial charge is 0.497 e. The van der Waals surface area contributed by atoms with E-state index < -0.39 is 17.2 Å². The molecule has 0 aromatic heterocycles. The van der Waals surface area contributed by atoms with Crippen LogP contribution in [0.15, 0.2) is 24.3 Å². The van der Waals surface area contributed by atoms with Crippen LogP contribution in [0.2, 0.25) is 0 Å². The van der Waals surface area contributed by atoms with Crippen LogP contribution in [-0.4, -0.2) is 24.3 Å². The number of Topliss-reactive ketones (excluding diaryl/α,β-unsaturated/α-hetero) is 1. The van der Waals surface area contributed by atoms with Gasteiger partial charge in [0.05, 0.1) is 7.11 Å². The van der Waals surface area contributed by atoms with Gasteiger partial charge in [0, 0.05) is 11.1 Å². The van der Waals surface area contributed by atoms with E-state index in [4.69, 9.17) is 4.74 Å². The number of hydrogen-bond donors (Lipinski definition) is 1. The van der Waals surface area contributed by atoms with Crippen LogP contribution in [0.4, 0.5) is 0 Å². The molecule has 4 heteroatoms. The molecule has 4 nitrogen and oxygen atoms in total. The van der Waals surface area contributed by atoms with Crippen LogP contribution in [0.1, 0.15) is 31.1 Å². The highest BCUT2D eigenvalue weighted by molar-refractivity contribution is 6.42. The lowest BCUT2D eigenvalue weighted by Crippen LogP contribution is -2.44. The van der Waals surface area contributed by atoms with Crippen LogP contribution in [0.25, 0.3) is 0 Å². The minimum atomic E-state index is -0.595. The number of methoxy groups -OCH3 is 1. The molecule has 1 rings (SSSR count). The third-order valence-corrected chi connectivity index (χ3v) is 2.05. The van der Waals surface area contributed by atoms with E-state index in [1.807, 2.05) is 20.8 Å². The lowest BCUT2D eigenvalue weighted by Gasteiger charge is -2.19. The van der Waals surface area contributed by atoms with Crippen LogP contribution in [0.3, 0.4) is 0 Å². The predicted octanol–water partition coefficient (Wildman–Crippen LogP) is 1.79. The smallest absolute Gasteiger partial charge is 0.292 e. The van der Waals surface area contributed by atoms with Gasteiger partial charge in [-0.2, -0.15) is 0 Å². The molecule has 0 fully saturated rings. The molecule has 0 saturated carbocycles. The number of ether oxygens (including phenoxy) is 1. The van der Waals surface area contributed by atoms with Crippen LogP contribution in [-0.2, 0) is 4.79 Å². The van der Waals surface area contributed by atoms with Crippen molar-refractivity contribution in [3.8, 4) is 5.75 Å². The quantitative estimate of drug-likeness (QED) is 0.642. The van der Waals surface area contributed by atoms with Crippen molar-refractivity contribution < 1.29 is 14.3 Å². The van der Waals surface area contributed by atoms with Gasteiger partial charge >= 0.3 is 0 Å². The van der Waals surface area contributed by atoms with Crippen molar-refractivity contribution in [3.63, 3.8) is 0 Å². The van der Waals surface area contributed by atoms with Gasteiger partial charge in [0.15, 0.2) is 0 Å². The minimum absolute atomic E-state index is 0.354. The molecular formula is C13H17NO3. The van der Waals surface area contributed by atoms with E-state index in [1.165, 1.54) is 0 Å². The van der Waals surface area contributed by atoms with Crippen molar-refractivity contribution in [2.45, 2.75) is 26.3 Å². The fourth-order valence-electron chi connectivity index (χ4n) is 1.27. The minimum Gasteiger partial charge on any atom is -0.497 e. The third-order valence-electron chi connectivity index (χ3n) is 2.05. The highest BCUT2D eigenvalue weighted by Crippen LogP contribution is 2.12. The molecule has 0 bridgehead atoms. The van der Waals surface area contributed by atoms with Crippen LogP contribution >= 0.6 is 0 Å². The molecule has 0 spiro atoms. The zero-order valence-electron chi connectivity index (χ0n) is 10.5. The summed E-state index contributed by atoms with van der Waals surface area (Å²) in [7, 11) is 1.54. The van der Waals surface area contributed by atoms with Gasteiger partial charge in [-0.25, -0.2) is 0 Å². The highest BCUT2D eigenvalue weighted by atomic mass is 16.5. The van der Waals surface area contributed by atoms with Gasteiger partial charge in [0.25, 0.3) is 5.91 Å². The molecule has 0 aliphatic rings. The number of ketones is 1. The summed E-state index contributed by atoms with van der Waals surface area (Å²) in [5.74, 6) is -0.483. The van der Waals surface area contributed by atoms with Gasteiger partial charge in [-0.05, 0) is 45.0 Å². The summed E-state index contributed by atoms with van der Waals surface area (Å²) in [6.07, 6.45) is 0. The van der Waals surface area contributed by atoms with Crippen molar-refractivity contribution in [2.24, 2.45) is 0 Å². The van der Waals surface area contributed by atoms with Crippen LogP contribution in [0.5, 0.6) is 5.75 Å². The molecule has 1 N–H and O–H groups in total. The Hall–Kier alpha value is -1.84. The molecule has 0 radical (unpaired) electrons. The Balaban J connectivity index is 2.78. The van der Waals surface area contributed by atoms with Crippen molar-refractivity contribution in [3.05, 3.63) is 29.8 Å². The Bertz CT molecular complexity index is 415. The zero-order chi connectivity index (χ0) is 13.1. The molecule has 0 aliphatic heterocycles. The number of rotatable bonds is 3. The summed E-state index contributed by atoms with van der Waals surface area (Å²) in [5.41, 5.74) is -0.0632. The Kier molecular flexibility index (Phi) is 3.89. The maximum absolute atomic E-state index is 11.8. The monoisotopic (exact) mass is 235 g/mol. The fraction of sp³-hybridized carbons (Fsp3) is 0.385. The number of amides is 1. The zero-order valence-corrected chi connectivity index (χ0v) is 10.5. The first-order valence-electron chi connectivity index (χ1n) is 5.34. The summed E-state index contributed by atoms with van der Waals surface area (Å²) in [6, 6.07) is 6.45. The highest BCUT2D eigenvalue weighted by Gasteiger charge is 2.21. The van der Waals surface area contributed by atoms with Gasteiger partial charge in [-0.3, -0.25) is 9.59 Å². The summed E-state index contributed by atoms with van der Waals surface area (Å²) >= 11 is 0. The third kappa shape index (κ3) is 3.90. The summed E-state index contributed by atoms with van der Waals surface area (Å²) < 4.78 is 4.98. The summed E-state index contributed by atoms with van der Waals surface area (Å²) in [4.78, 5) is 23.4. The van der Waals surface area contributed by atoms with E-state index in [0.29, 0.717) is 11.3 Å². The van der Waals surface area contributed by atoms with E-state index in [1.54, 1.807) is 31.4 Å². The molecule has 0 heterocycles. The van der Waals surface area contributed by atoms with E-state index in [9.17, 15) is 9.59 Å². The van der Waals surface area contributed by atoms with E-state index in [-0.39, 0.29) is 0 Å². The normalized spacial score (nSPS) is 10.8. The second-order valence-corrected chi connectivity index (χ2v) is 4.76. The number of carbonyl (C=O) groups is 2. The van der Waals surface area contributed by atoms with Crippen molar-refractivity contribution in [1.29, 1.82) is 0 Å². The van der Waals surface area contributed by atoms with E-state index in [0.717, 1.165) is 0 Å². The first kappa shape index (κ1) is 13.2. The standard InChI is InChI=1S/C13H17NO3/c1-13(2,3)14-12(16)11(15)9-5-7-10(17-4)8-6-9/h5-8H,1-4H3,(H,14,16). The molecule has 0 unspecified atom stereocenters. The Labute approximate surface area is 101 Å². The van der Waals surface area contributed by atoms with Crippen molar-refractivity contribution in [2.75, 3.05) is 7.11 Å². The summed E-state index contributed by atoms with van der Waals surface area (Å²) in [5, 5.41) is 2.63. The maximum atomic E-state index is 11.8. The lowest BCUT2D eigenvalue weighted by atomic mass is 10.1. The Morgan fingerprint density at radius 2 is 1.65 bits per heavy atom. The van der Waals surface area contributed by atoms with Gasteiger partial charge in [-0.1, -0.05) is 0 Å². The van der Waals surface area contributed by atoms with E-state index in [2.05, 4.69) is 5.32 Å². The maximum Gasteiger partial charge on any atom is 0.292 e. The fourth-order valence-corrected chi connectivity index (χ4v) is 1.27. The van der Waals surface area contributed by atoms with Gasteiger partial charge in [0.2, 0.25) is 5.78 Å². The molecule has 92 valence electrons. The molecule has 0 atom stereocenters. The molecule has 1 amide bonds.